The predicted molar refractivity (Wildman–Crippen MR) is 109 cm³/mol. The Morgan fingerprint density at radius 1 is 1.12 bits per heavy atom. The second-order valence-electron chi connectivity index (χ2n) is 5.78. The lowest BCUT2D eigenvalue weighted by Crippen LogP contribution is -2.01. The molecule has 0 radical (unpaired) electrons. The van der Waals surface area contributed by atoms with Gasteiger partial charge < -0.3 is 9.30 Å². The van der Waals surface area contributed by atoms with E-state index in [1.165, 1.54) is 32.6 Å². The topological polar surface area (TPSA) is 14.2 Å². The maximum absolute atomic E-state index is 5.42. The summed E-state index contributed by atoms with van der Waals surface area (Å²) in [6.45, 7) is 3.21. The SMILES string of the molecule is COc1ccc2c(c1)c(C)c(-c1ccc(SC)cc1)n2CCCBr. The Bertz CT molecular complexity index is 839. The summed E-state index contributed by atoms with van der Waals surface area (Å²) in [6, 6.07) is 15.2. The molecule has 0 saturated carbocycles. The standard InChI is InChI=1S/C20H22BrNOS/c1-14-18-13-16(23-2)7-10-19(18)22(12-4-11-21)20(14)15-5-8-17(24-3)9-6-15/h5-10,13H,4,11-12H2,1-3H3. The number of thioether (sulfide) groups is 1. The largest absolute Gasteiger partial charge is 0.497 e. The Balaban J connectivity index is 2.21. The van der Waals surface area contributed by atoms with Crippen LogP contribution < -0.4 is 4.74 Å². The highest BCUT2D eigenvalue weighted by molar-refractivity contribution is 9.09. The van der Waals surface area contributed by atoms with E-state index in [-0.39, 0.29) is 0 Å². The van der Waals surface area contributed by atoms with Gasteiger partial charge in [0.15, 0.2) is 0 Å². The van der Waals surface area contributed by atoms with Crippen molar-refractivity contribution >= 4 is 38.6 Å². The maximum Gasteiger partial charge on any atom is 0.119 e. The number of ether oxygens (including phenoxy) is 1. The molecule has 0 amide bonds. The summed E-state index contributed by atoms with van der Waals surface area (Å²) in [4.78, 5) is 1.29. The number of alkyl halides is 1. The number of fused-ring (bicyclic) bond motifs is 1. The summed E-state index contributed by atoms with van der Waals surface area (Å²) in [5, 5.41) is 2.28. The lowest BCUT2D eigenvalue weighted by atomic mass is 10.1. The van der Waals surface area contributed by atoms with Crippen LogP contribution in [0.2, 0.25) is 0 Å². The van der Waals surface area contributed by atoms with Gasteiger partial charge >= 0.3 is 0 Å². The van der Waals surface area contributed by atoms with E-state index in [1.807, 2.05) is 6.07 Å². The van der Waals surface area contributed by atoms with Crippen molar-refractivity contribution in [3.63, 3.8) is 0 Å². The van der Waals surface area contributed by atoms with Gasteiger partial charge in [-0.3, -0.25) is 0 Å². The second kappa shape index (κ2) is 7.66. The van der Waals surface area contributed by atoms with E-state index >= 15 is 0 Å². The third kappa shape index (κ3) is 3.22. The summed E-state index contributed by atoms with van der Waals surface area (Å²) in [6.07, 6.45) is 3.21. The zero-order chi connectivity index (χ0) is 17.1. The van der Waals surface area contributed by atoms with Crippen LogP contribution in [0.3, 0.4) is 0 Å². The molecular formula is C20H22BrNOS. The highest BCUT2D eigenvalue weighted by atomic mass is 79.9. The molecule has 4 heteroatoms. The van der Waals surface area contributed by atoms with Crippen LogP contribution in [0.4, 0.5) is 0 Å². The molecule has 3 rings (SSSR count). The van der Waals surface area contributed by atoms with Crippen LogP contribution in [0.15, 0.2) is 47.4 Å². The molecule has 1 aromatic heterocycles. The van der Waals surface area contributed by atoms with Crippen molar-refractivity contribution in [1.29, 1.82) is 0 Å². The number of rotatable bonds is 6. The van der Waals surface area contributed by atoms with Gasteiger partial charge in [0.1, 0.15) is 5.75 Å². The van der Waals surface area contributed by atoms with Crippen LogP contribution in [0, 0.1) is 6.92 Å². The number of benzene rings is 2. The van der Waals surface area contributed by atoms with Crippen molar-refractivity contribution in [2.75, 3.05) is 18.7 Å². The van der Waals surface area contributed by atoms with E-state index in [9.17, 15) is 0 Å². The first-order chi connectivity index (χ1) is 11.7. The van der Waals surface area contributed by atoms with Crippen LogP contribution in [-0.4, -0.2) is 23.3 Å². The van der Waals surface area contributed by atoms with Gasteiger partial charge in [-0.05, 0) is 61.1 Å². The molecule has 1 heterocycles. The van der Waals surface area contributed by atoms with Crippen molar-refractivity contribution in [2.45, 2.75) is 24.8 Å². The number of hydrogen-bond acceptors (Lipinski definition) is 2. The van der Waals surface area contributed by atoms with Crippen molar-refractivity contribution in [3.8, 4) is 17.0 Å². The molecule has 0 atom stereocenters. The van der Waals surface area contributed by atoms with Gasteiger partial charge in [-0.2, -0.15) is 0 Å². The van der Waals surface area contributed by atoms with Gasteiger partial charge in [-0.15, -0.1) is 11.8 Å². The van der Waals surface area contributed by atoms with Crippen LogP contribution >= 0.6 is 27.7 Å². The third-order valence-electron chi connectivity index (χ3n) is 4.40. The minimum absolute atomic E-state index is 0.910. The molecule has 0 bridgehead atoms. The molecule has 2 aromatic carbocycles. The zero-order valence-corrected chi connectivity index (χ0v) is 16.7. The van der Waals surface area contributed by atoms with Crippen molar-refractivity contribution in [1.82, 2.24) is 4.57 Å². The Morgan fingerprint density at radius 2 is 1.88 bits per heavy atom. The number of nitrogens with zero attached hydrogens (tertiary/aromatic N) is 1. The van der Waals surface area contributed by atoms with E-state index in [0.29, 0.717) is 0 Å². The predicted octanol–water partition coefficient (Wildman–Crippen LogP) is 6.13. The molecule has 0 unspecified atom stereocenters. The van der Waals surface area contributed by atoms with E-state index in [0.717, 1.165) is 24.0 Å². The highest BCUT2D eigenvalue weighted by Gasteiger charge is 2.16. The maximum atomic E-state index is 5.42. The Labute approximate surface area is 156 Å². The molecule has 0 saturated heterocycles. The molecule has 0 N–H and O–H groups in total. The molecule has 0 spiro atoms. The Kier molecular flexibility index (Phi) is 5.57. The van der Waals surface area contributed by atoms with Crippen LogP contribution in [0.25, 0.3) is 22.2 Å². The Morgan fingerprint density at radius 3 is 2.50 bits per heavy atom. The minimum atomic E-state index is 0.910. The highest BCUT2D eigenvalue weighted by Crippen LogP contribution is 2.36. The summed E-state index contributed by atoms with van der Waals surface area (Å²) in [5.41, 5.74) is 5.18. The summed E-state index contributed by atoms with van der Waals surface area (Å²) in [5.74, 6) is 0.910. The lowest BCUT2D eigenvalue weighted by molar-refractivity contribution is 0.415. The average Bonchev–Trinajstić information content (AvgIpc) is 2.91. The molecule has 2 nitrogen and oxygen atoms in total. The summed E-state index contributed by atoms with van der Waals surface area (Å²) in [7, 11) is 1.72. The fraction of sp³-hybridized carbons (Fsp3) is 0.300. The molecule has 0 aliphatic carbocycles. The molecule has 0 aliphatic rings. The molecule has 0 aliphatic heterocycles. The van der Waals surface area contributed by atoms with Crippen LogP contribution in [0.1, 0.15) is 12.0 Å². The van der Waals surface area contributed by atoms with E-state index in [2.05, 4.69) is 70.1 Å². The summed E-state index contributed by atoms with van der Waals surface area (Å²) < 4.78 is 7.87. The quantitative estimate of drug-likeness (QED) is 0.362. The van der Waals surface area contributed by atoms with E-state index in [1.54, 1.807) is 18.9 Å². The van der Waals surface area contributed by atoms with Crippen molar-refractivity contribution in [3.05, 3.63) is 48.0 Å². The first-order valence-electron chi connectivity index (χ1n) is 8.06. The van der Waals surface area contributed by atoms with Gasteiger partial charge in [-0.25, -0.2) is 0 Å². The number of aryl methyl sites for hydroxylation is 2. The summed E-state index contributed by atoms with van der Waals surface area (Å²) >= 11 is 5.34. The number of aromatic nitrogens is 1. The van der Waals surface area contributed by atoms with Gasteiger partial charge in [-0.1, -0.05) is 28.1 Å². The fourth-order valence-electron chi connectivity index (χ4n) is 3.20. The van der Waals surface area contributed by atoms with E-state index in [4.69, 9.17) is 4.74 Å². The third-order valence-corrected chi connectivity index (χ3v) is 5.71. The first kappa shape index (κ1) is 17.4. The number of methoxy groups -OCH3 is 1. The second-order valence-corrected chi connectivity index (χ2v) is 7.45. The monoisotopic (exact) mass is 403 g/mol. The lowest BCUT2D eigenvalue weighted by Gasteiger charge is -2.12. The van der Waals surface area contributed by atoms with Gasteiger partial charge in [0.2, 0.25) is 0 Å². The average molecular weight is 404 g/mol. The molecule has 24 heavy (non-hydrogen) atoms. The molecular weight excluding hydrogens is 382 g/mol. The molecule has 3 aromatic rings. The van der Waals surface area contributed by atoms with Gasteiger partial charge in [0, 0.05) is 27.7 Å². The normalized spacial score (nSPS) is 11.2. The fourth-order valence-corrected chi connectivity index (χ4v) is 3.86. The molecule has 0 fully saturated rings. The van der Waals surface area contributed by atoms with Gasteiger partial charge in [0.05, 0.1) is 12.8 Å². The van der Waals surface area contributed by atoms with Gasteiger partial charge in [0.25, 0.3) is 0 Å². The minimum Gasteiger partial charge on any atom is -0.497 e. The zero-order valence-electron chi connectivity index (χ0n) is 14.3. The van der Waals surface area contributed by atoms with Crippen molar-refractivity contribution in [2.24, 2.45) is 0 Å². The Hall–Kier alpha value is -1.39. The molecule has 126 valence electrons. The van der Waals surface area contributed by atoms with Crippen molar-refractivity contribution < 1.29 is 4.74 Å². The van der Waals surface area contributed by atoms with Crippen LogP contribution in [0.5, 0.6) is 5.75 Å². The number of hydrogen-bond donors (Lipinski definition) is 0. The van der Waals surface area contributed by atoms with E-state index < -0.39 is 0 Å². The van der Waals surface area contributed by atoms with Crippen LogP contribution in [-0.2, 0) is 6.54 Å². The smallest absolute Gasteiger partial charge is 0.119 e. The number of halogens is 1. The first-order valence-corrected chi connectivity index (χ1v) is 10.4.